The molecule has 1 heterocycles. The summed E-state index contributed by atoms with van der Waals surface area (Å²) >= 11 is 11.1. The van der Waals surface area contributed by atoms with Gasteiger partial charge in [0, 0.05) is 24.7 Å². The van der Waals surface area contributed by atoms with Crippen molar-refractivity contribution in [2.45, 2.75) is 12.5 Å². The minimum absolute atomic E-state index is 0.187. The molecule has 1 atom stereocenters. The molecule has 17 heavy (non-hydrogen) atoms. The van der Waals surface area contributed by atoms with Crippen molar-refractivity contribution in [3.05, 3.63) is 34.9 Å². The van der Waals surface area contributed by atoms with Crippen molar-refractivity contribution in [1.82, 2.24) is 10.2 Å². The van der Waals surface area contributed by atoms with Gasteiger partial charge in [0.1, 0.15) is 0 Å². The molecule has 0 saturated carbocycles. The summed E-state index contributed by atoms with van der Waals surface area (Å²) in [5, 5.41) is 13.6. The second kappa shape index (κ2) is 5.67. The van der Waals surface area contributed by atoms with Gasteiger partial charge in [0.2, 0.25) is 0 Å². The largest absolute Gasteiger partial charge is 0.396 e. The molecule has 2 rings (SSSR count). The summed E-state index contributed by atoms with van der Waals surface area (Å²) in [6, 6.07) is 8.07. The summed E-state index contributed by atoms with van der Waals surface area (Å²) in [6.45, 7) is 1.77. The molecule has 1 fully saturated rings. The predicted molar refractivity (Wildman–Crippen MR) is 73.2 cm³/mol. The Kier molecular flexibility index (Phi) is 4.20. The van der Waals surface area contributed by atoms with Gasteiger partial charge in [-0.25, -0.2) is 0 Å². The zero-order chi connectivity index (χ0) is 12.3. The fraction of sp³-hybridized carbons (Fsp3) is 0.417. The zero-order valence-electron chi connectivity index (χ0n) is 9.40. The van der Waals surface area contributed by atoms with Crippen LogP contribution in [0.4, 0.5) is 0 Å². The lowest BCUT2D eigenvalue weighted by Gasteiger charge is -2.24. The van der Waals surface area contributed by atoms with Gasteiger partial charge in [-0.05, 0) is 36.3 Å². The molecule has 0 radical (unpaired) electrons. The van der Waals surface area contributed by atoms with Crippen LogP contribution < -0.4 is 5.32 Å². The summed E-state index contributed by atoms with van der Waals surface area (Å²) in [5.74, 6) is 0. The molecule has 1 unspecified atom stereocenters. The Morgan fingerprint density at radius 3 is 2.76 bits per heavy atom. The highest BCUT2D eigenvalue weighted by Crippen LogP contribution is 2.25. The van der Waals surface area contributed by atoms with Crippen molar-refractivity contribution < 1.29 is 5.11 Å². The molecule has 0 aliphatic carbocycles. The number of nitrogens with one attached hydrogen (secondary N) is 1. The van der Waals surface area contributed by atoms with E-state index in [1.807, 2.05) is 24.3 Å². The first kappa shape index (κ1) is 12.6. The van der Waals surface area contributed by atoms with Gasteiger partial charge in [-0.1, -0.05) is 23.7 Å². The third-order valence-electron chi connectivity index (χ3n) is 2.90. The average Bonchev–Trinajstić information content (AvgIpc) is 2.69. The standard InChI is InChI=1S/C12H15ClN2OS/c13-10-4-2-9(3-5-10)11-8-14-12(17)15(11)6-1-7-16/h2-5,11,16H,1,6-8H2,(H,14,17). The number of rotatable bonds is 4. The zero-order valence-corrected chi connectivity index (χ0v) is 11.0. The normalized spacial score (nSPS) is 19.5. The van der Waals surface area contributed by atoms with Crippen molar-refractivity contribution in [2.75, 3.05) is 19.7 Å². The van der Waals surface area contributed by atoms with Crippen LogP contribution in [-0.4, -0.2) is 34.8 Å². The molecule has 3 nitrogen and oxygen atoms in total. The van der Waals surface area contributed by atoms with E-state index in [9.17, 15) is 0 Å². The van der Waals surface area contributed by atoms with Crippen LogP contribution in [0.2, 0.25) is 5.02 Å². The van der Waals surface area contributed by atoms with Gasteiger partial charge in [0.05, 0.1) is 6.04 Å². The molecular formula is C12H15ClN2OS. The van der Waals surface area contributed by atoms with E-state index < -0.39 is 0 Å². The Morgan fingerprint density at radius 1 is 1.41 bits per heavy atom. The summed E-state index contributed by atoms with van der Waals surface area (Å²) in [7, 11) is 0. The number of aliphatic hydroxyl groups is 1. The molecule has 1 saturated heterocycles. The SMILES string of the molecule is OCCCN1C(=S)NCC1c1ccc(Cl)cc1. The van der Waals surface area contributed by atoms with E-state index >= 15 is 0 Å². The maximum Gasteiger partial charge on any atom is 0.169 e. The predicted octanol–water partition coefficient (Wildman–Crippen LogP) is 1.95. The average molecular weight is 271 g/mol. The molecule has 0 bridgehead atoms. The fourth-order valence-corrected chi connectivity index (χ4v) is 2.45. The first-order valence-corrected chi connectivity index (χ1v) is 6.42. The Morgan fingerprint density at radius 2 is 2.12 bits per heavy atom. The maximum atomic E-state index is 8.90. The summed E-state index contributed by atoms with van der Waals surface area (Å²) in [5.41, 5.74) is 1.19. The summed E-state index contributed by atoms with van der Waals surface area (Å²) < 4.78 is 0. The highest BCUT2D eigenvalue weighted by molar-refractivity contribution is 7.80. The molecule has 0 amide bonds. The van der Waals surface area contributed by atoms with Gasteiger partial charge < -0.3 is 15.3 Å². The van der Waals surface area contributed by atoms with Gasteiger partial charge >= 0.3 is 0 Å². The minimum atomic E-state index is 0.187. The van der Waals surface area contributed by atoms with E-state index in [1.54, 1.807) is 0 Å². The van der Waals surface area contributed by atoms with Gasteiger partial charge in [0.25, 0.3) is 0 Å². The molecule has 1 aliphatic heterocycles. The van der Waals surface area contributed by atoms with Crippen LogP contribution in [0.1, 0.15) is 18.0 Å². The van der Waals surface area contributed by atoms with Crippen LogP contribution in [-0.2, 0) is 0 Å². The third-order valence-corrected chi connectivity index (χ3v) is 3.53. The van der Waals surface area contributed by atoms with Gasteiger partial charge in [-0.3, -0.25) is 0 Å². The first-order chi connectivity index (χ1) is 8.22. The molecule has 1 aromatic carbocycles. The van der Waals surface area contributed by atoms with E-state index in [0.717, 1.165) is 29.6 Å². The van der Waals surface area contributed by atoms with Crippen LogP contribution in [0.15, 0.2) is 24.3 Å². The number of benzene rings is 1. The molecular weight excluding hydrogens is 256 g/mol. The molecule has 1 aliphatic rings. The lowest BCUT2D eigenvalue weighted by Crippen LogP contribution is -2.31. The van der Waals surface area contributed by atoms with Crippen LogP contribution >= 0.6 is 23.8 Å². The number of hydrogen-bond donors (Lipinski definition) is 2. The number of aliphatic hydroxyl groups excluding tert-OH is 1. The number of thiocarbonyl (C=S) groups is 1. The quantitative estimate of drug-likeness (QED) is 0.820. The molecule has 5 heteroatoms. The van der Waals surface area contributed by atoms with Crippen molar-refractivity contribution in [2.24, 2.45) is 0 Å². The van der Waals surface area contributed by atoms with Crippen LogP contribution in [0.3, 0.4) is 0 Å². The fourth-order valence-electron chi connectivity index (χ4n) is 2.02. The topological polar surface area (TPSA) is 35.5 Å². The van der Waals surface area contributed by atoms with Gasteiger partial charge in [0.15, 0.2) is 5.11 Å². The van der Waals surface area contributed by atoms with Crippen LogP contribution in [0, 0.1) is 0 Å². The minimum Gasteiger partial charge on any atom is -0.396 e. The van der Waals surface area contributed by atoms with Crippen LogP contribution in [0.5, 0.6) is 0 Å². The van der Waals surface area contributed by atoms with E-state index in [4.69, 9.17) is 28.9 Å². The Labute approximate surface area is 111 Å². The second-order valence-corrected chi connectivity index (χ2v) is 4.85. The summed E-state index contributed by atoms with van der Waals surface area (Å²) in [4.78, 5) is 2.12. The molecule has 1 aromatic rings. The van der Waals surface area contributed by atoms with Crippen molar-refractivity contribution >= 4 is 28.9 Å². The molecule has 0 spiro atoms. The smallest absolute Gasteiger partial charge is 0.169 e. The van der Waals surface area contributed by atoms with Crippen molar-refractivity contribution in [3.63, 3.8) is 0 Å². The van der Waals surface area contributed by atoms with Gasteiger partial charge in [-0.15, -0.1) is 0 Å². The van der Waals surface area contributed by atoms with Crippen molar-refractivity contribution in [1.29, 1.82) is 0 Å². The Hall–Kier alpha value is -0.840. The lowest BCUT2D eigenvalue weighted by molar-refractivity contribution is 0.257. The molecule has 0 aromatic heterocycles. The number of hydrogen-bond acceptors (Lipinski definition) is 2. The molecule has 2 N–H and O–H groups in total. The number of nitrogens with zero attached hydrogens (tertiary/aromatic N) is 1. The van der Waals surface area contributed by atoms with Gasteiger partial charge in [-0.2, -0.15) is 0 Å². The van der Waals surface area contributed by atoms with Crippen LogP contribution in [0.25, 0.3) is 0 Å². The summed E-state index contributed by atoms with van der Waals surface area (Å²) in [6.07, 6.45) is 0.728. The van der Waals surface area contributed by atoms with E-state index in [2.05, 4.69) is 10.2 Å². The van der Waals surface area contributed by atoms with E-state index in [-0.39, 0.29) is 12.6 Å². The monoisotopic (exact) mass is 270 g/mol. The maximum absolute atomic E-state index is 8.90. The lowest BCUT2D eigenvalue weighted by atomic mass is 10.1. The Bertz CT molecular complexity index is 396. The van der Waals surface area contributed by atoms with Crippen molar-refractivity contribution in [3.8, 4) is 0 Å². The third kappa shape index (κ3) is 2.89. The molecule has 92 valence electrons. The number of halogens is 1. The highest BCUT2D eigenvalue weighted by atomic mass is 35.5. The van der Waals surface area contributed by atoms with E-state index in [1.165, 1.54) is 5.56 Å². The first-order valence-electron chi connectivity index (χ1n) is 5.63. The van der Waals surface area contributed by atoms with E-state index in [0.29, 0.717) is 0 Å². The Balaban J connectivity index is 2.13. The second-order valence-electron chi connectivity index (χ2n) is 4.02. The highest BCUT2D eigenvalue weighted by Gasteiger charge is 2.28.